The number of hydrogen-bond acceptors (Lipinski definition) is 3. The average Bonchev–Trinajstić information content (AvgIpc) is 2.64. The predicted octanol–water partition coefficient (Wildman–Crippen LogP) is 1.87. The highest BCUT2D eigenvalue weighted by Gasteiger charge is 2.12. The Balaban J connectivity index is 2.64. The summed E-state index contributed by atoms with van der Waals surface area (Å²) in [6.07, 6.45) is 3.79. The highest BCUT2D eigenvalue weighted by molar-refractivity contribution is 9.10. The first-order valence-corrected chi connectivity index (χ1v) is 5.97. The van der Waals surface area contributed by atoms with Crippen LogP contribution in [0.15, 0.2) is 15.5 Å². The van der Waals surface area contributed by atoms with E-state index < -0.39 is 0 Å². The zero-order valence-electron chi connectivity index (χ0n) is 8.96. The summed E-state index contributed by atoms with van der Waals surface area (Å²) < 4.78 is 2.48. The molecule has 0 radical (unpaired) electrons. The normalized spacial score (nSPS) is 11.1. The molecule has 0 amide bonds. The minimum Gasteiger partial charge on any atom is -0.382 e. The number of fused-ring (bicyclic) bond motifs is 1. The molecule has 0 aliphatic carbocycles. The van der Waals surface area contributed by atoms with Crippen LogP contribution in [0.25, 0.3) is 10.9 Å². The molecule has 0 atom stereocenters. The molecule has 0 aromatic carbocycles. The molecule has 3 N–H and O–H groups in total. The van der Waals surface area contributed by atoms with E-state index in [-0.39, 0.29) is 11.4 Å². The molecule has 86 valence electrons. The molecule has 2 aromatic rings. The number of aromatic nitrogens is 3. The first-order chi connectivity index (χ1) is 7.65. The van der Waals surface area contributed by atoms with E-state index in [2.05, 4.69) is 33.1 Å². The molecule has 0 fully saturated rings. The Morgan fingerprint density at radius 1 is 1.62 bits per heavy atom. The summed E-state index contributed by atoms with van der Waals surface area (Å²) in [7, 11) is 0. The Kier molecular flexibility index (Phi) is 3.00. The zero-order valence-corrected chi connectivity index (χ0v) is 10.5. The second-order valence-corrected chi connectivity index (χ2v) is 4.54. The Morgan fingerprint density at radius 3 is 3.06 bits per heavy atom. The number of aryl methyl sites for hydroxylation is 1. The third kappa shape index (κ3) is 1.73. The second kappa shape index (κ2) is 4.29. The number of nitrogens with two attached hydrogens (primary N) is 1. The summed E-state index contributed by atoms with van der Waals surface area (Å²) in [5, 5.41) is 7.06. The molecule has 0 bridgehead atoms. The quantitative estimate of drug-likeness (QED) is 0.903. The van der Waals surface area contributed by atoms with Crippen LogP contribution < -0.4 is 11.3 Å². The van der Waals surface area contributed by atoms with Crippen molar-refractivity contribution in [3.05, 3.63) is 21.0 Å². The standard InChI is InChI=1S/C10H13BrN4O/c1-2-3-4-15-5-6(11)8-7(10(15)16)9(12)14-13-8/h5H,2-4H2,1H3,(H3,12,13,14). The van der Waals surface area contributed by atoms with Gasteiger partial charge in [-0.2, -0.15) is 5.10 Å². The first kappa shape index (κ1) is 11.2. The van der Waals surface area contributed by atoms with Crippen molar-refractivity contribution in [3.8, 4) is 0 Å². The first-order valence-electron chi connectivity index (χ1n) is 5.17. The van der Waals surface area contributed by atoms with Gasteiger partial charge in [-0.1, -0.05) is 13.3 Å². The Hall–Kier alpha value is -1.30. The molecular formula is C10H13BrN4O. The van der Waals surface area contributed by atoms with E-state index >= 15 is 0 Å². The van der Waals surface area contributed by atoms with Gasteiger partial charge in [-0.25, -0.2) is 0 Å². The second-order valence-electron chi connectivity index (χ2n) is 3.69. The number of nitrogens with zero attached hydrogens (tertiary/aromatic N) is 2. The molecular weight excluding hydrogens is 272 g/mol. The molecule has 2 aromatic heterocycles. The summed E-state index contributed by atoms with van der Waals surface area (Å²) in [5.74, 6) is 0.256. The predicted molar refractivity (Wildman–Crippen MR) is 67.4 cm³/mol. The van der Waals surface area contributed by atoms with Gasteiger partial charge in [-0.3, -0.25) is 9.89 Å². The minimum absolute atomic E-state index is 0.0853. The Labute approximate surface area is 101 Å². The number of unbranched alkanes of at least 4 members (excludes halogenated alkanes) is 1. The van der Waals surface area contributed by atoms with Gasteiger partial charge < -0.3 is 10.3 Å². The van der Waals surface area contributed by atoms with E-state index in [1.165, 1.54) is 0 Å². The van der Waals surface area contributed by atoms with Crippen molar-refractivity contribution in [2.75, 3.05) is 5.73 Å². The van der Waals surface area contributed by atoms with Crippen LogP contribution in [0.3, 0.4) is 0 Å². The molecule has 0 saturated carbocycles. The number of nitrogen functional groups attached to an aromatic ring is 1. The summed E-state index contributed by atoms with van der Waals surface area (Å²) in [6, 6.07) is 0. The monoisotopic (exact) mass is 284 g/mol. The highest BCUT2D eigenvalue weighted by Crippen LogP contribution is 2.22. The molecule has 0 aliphatic rings. The fourth-order valence-corrected chi connectivity index (χ4v) is 2.18. The SMILES string of the molecule is CCCCn1cc(Br)c2[nH]nc(N)c2c1=O. The van der Waals surface area contributed by atoms with Gasteiger partial charge in [0.2, 0.25) is 0 Å². The molecule has 5 nitrogen and oxygen atoms in total. The van der Waals surface area contributed by atoms with Crippen LogP contribution in [0.2, 0.25) is 0 Å². The number of hydrogen-bond donors (Lipinski definition) is 2. The van der Waals surface area contributed by atoms with Crippen molar-refractivity contribution in [1.29, 1.82) is 0 Å². The largest absolute Gasteiger partial charge is 0.382 e. The van der Waals surface area contributed by atoms with Gasteiger partial charge in [-0.05, 0) is 22.4 Å². The molecule has 0 saturated heterocycles. The van der Waals surface area contributed by atoms with Crippen molar-refractivity contribution in [2.45, 2.75) is 26.3 Å². The number of halogens is 1. The van der Waals surface area contributed by atoms with Gasteiger partial charge >= 0.3 is 0 Å². The minimum atomic E-state index is -0.0853. The summed E-state index contributed by atoms with van der Waals surface area (Å²) in [5.41, 5.74) is 6.24. The third-order valence-electron chi connectivity index (χ3n) is 2.53. The highest BCUT2D eigenvalue weighted by atomic mass is 79.9. The van der Waals surface area contributed by atoms with E-state index in [1.807, 2.05) is 0 Å². The van der Waals surface area contributed by atoms with Gasteiger partial charge in [0.05, 0.1) is 9.99 Å². The van der Waals surface area contributed by atoms with E-state index in [9.17, 15) is 4.79 Å². The maximum absolute atomic E-state index is 12.1. The van der Waals surface area contributed by atoms with Crippen molar-refractivity contribution < 1.29 is 0 Å². The fourth-order valence-electron chi connectivity index (χ4n) is 1.64. The number of rotatable bonds is 3. The smallest absolute Gasteiger partial charge is 0.263 e. The van der Waals surface area contributed by atoms with Crippen molar-refractivity contribution >= 4 is 32.7 Å². The van der Waals surface area contributed by atoms with E-state index in [0.717, 1.165) is 17.3 Å². The molecule has 0 aliphatic heterocycles. The van der Waals surface area contributed by atoms with E-state index in [4.69, 9.17) is 5.73 Å². The van der Waals surface area contributed by atoms with Crippen molar-refractivity contribution in [1.82, 2.24) is 14.8 Å². The van der Waals surface area contributed by atoms with E-state index in [0.29, 0.717) is 17.4 Å². The molecule has 6 heteroatoms. The van der Waals surface area contributed by atoms with Crippen molar-refractivity contribution in [3.63, 3.8) is 0 Å². The number of nitrogens with one attached hydrogen (secondary N) is 1. The Morgan fingerprint density at radius 2 is 2.38 bits per heavy atom. The topological polar surface area (TPSA) is 76.7 Å². The van der Waals surface area contributed by atoms with Crippen LogP contribution in [0.5, 0.6) is 0 Å². The molecule has 16 heavy (non-hydrogen) atoms. The molecule has 0 unspecified atom stereocenters. The lowest BCUT2D eigenvalue weighted by Crippen LogP contribution is -2.20. The lowest BCUT2D eigenvalue weighted by Gasteiger charge is -2.05. The molecule has 0 spiro atoms. The van der Waals surface area contributed by atoms with Crippen LogP contribution in [-0.4, -0.2) is 14.8 Å². The lowest BCUT2D eigenvalue weighted by atomic mass is 10.3. The molecule has 2 rings (SSSR count). The van der Waals surface area contributed by atoms with Crippen LogP contribution in [0, 0.1) is 0 Å². The van der Waals surface area contributed by atoms with Crippen LogP contribution in [-0.2, 0) is 6.54 Å². The number of pyridine rings is 1. The van der Waals surface area contributed by atoms with Crippen LogP contribution >= 0.6 is 15.9 Å². The lowest BCUT2D eigenvalue weighted by molar-refractivity contribution is 0.616. The summed E-state index contributed by atoms with van der Waals surface area (Å²) in [6.45, 7) is 2.79. The van der Waals surface area contributed by atoms with Crippen LogP contribution in [0.1, 0.15) is 19.8 Å². The maximum Gasteiger partial charge on any atom is 0.263 e. The third-order valence-corrected chi connectivity index (χ3v) is 3.13. The number of anilines is 1. The van der Waals surface area contributed by atoms with Gasteiger partial charge in [-0.15, -0.1) is 0 Å². The van der Waals surface area contributed by atoms with E-state index in [1.54, 1.807) is 10.8 Å². The number of aromatic amines is 1. The maximum atomic E-state index is 12.1. The zero-order chi connectivity index (χ0) is 11.7. The van der Waals surface area contributed by atoms with Gasteiger partial charge in [0.25, 0.3) is 5.56 Å². The van der Waals surface area contributed by atoms with Gasteiger partial charge in [0.1, 0.15) is 5.39 Å². The summed E-state index contributed by atoms with van der Waals surface area (Å²) >= 11 is 3.40. The van der Waals surface area contributed by atoms with Gasteiger partial charge in [0, 0.05) is 12.7 Å². The number of H-pyrrole nitrogens is 1. The van der Waals surface area contributed by atoms with Crippen molar-refractivity contribution in [2.24, 2.45) is 0 Å². The van der Waals surface area contributed by atoms with Gasteiger partial charge in [0.15, 0.2) is 5.82 Å². The summed E-state index contributed by atoms with van der Waals surface area (Å²) in [4.78, 5) is 12.1. The van der Waals surface area contributed by atoms with Crippen LogP contribution in [0.4, 0.5) is 5.82 Å². The Bertz CT molecular complexity index is 572. The average molecular weight is 285 g/mol. The molecule has 2 heterocycles. The fraction of sp³-hybridized carbons (Fsp3) is 0.400.